The number of esters is 3. The average molecular weight is 1040 g/mol. The van der Waals surface area contributed by atoms with Crippen LogP contribution in [0.5, 0.6) is 0 Å². The van der Waals surface area contributed by atoms with Crippen LogP contribution in [0.25, 0.3) is 0 Å². The molecule has 438 valence electrons. The second-order valence-corrected chi connectivity index (χ2v) is 23.1. The summed E-state index contributed by atoms with van der Waals surface area (Å²) in [7, 11) is 0. The van der Waals surface area contributed by atoms with Gasteiger partial charge in [0.05, 0.1) is 0 Å². The summed E-state index contributed by atoms with van der Waals surface area (Å²) in [5, 5.41) is 0. The Morgan fingerprint density at radius 2 is 0.446 bits per heavy atom. The topological polar surface area (TPSA) is 78.9 Å². The summed E-state index contributed by atoms with van der Waals surface area (Å²) in [6.07, 6.45) is 75.6. The van der Waals surface area contributed by atoms with E-state index in [1.807, 2.05) is 0 Å². The lowest BCUT2D eigenvalue weighted by atomic mass is 10.0. The summed E-state index contributed by atoms with van der Waals surface area (Å²) in [6, 6.07) is 0. The van der Waals surface area contributed by atoms with Crippen LogP contribution >= 0.6 is 0 Å². The Kier molecular flexibility index (Phi) is 62.1. The molecule has 0 N–H and O–H groups in total. The maximum atomic E-state index is 12.9. The normalized spacial score (nSPS) is 12.0. The first-order valence-electron chi connectivity index (χ1n) is 33.7. The van der Waals surface area contributed by atoms with Crippen molar-refractivity contribution in [2.24, 2.45) is 0 Å². The molecule has 0 amide bonds. The maximum Gasteiger partial charge on any atom is 0.306 e. The van der Waals surface area contributed by atoms with E-state index in [0.29, 0.717) is 19.3 Å². The Morgan fingerprint density at radius 3 is 0.676 bits per heavy atom. The van der Waals surface area contributed by atoms with E-state index in [4.69, 9.17) is 14.2 Å². The second-order valence-electron chi connectivity index (χ2n) is 23.1. The third-order valence-electron chi connectivity index (χ3n) is 15.5. The van der Waals surface area contributed by atoms with Crippen LogP contribution in [0.4, 0.5) is 0 Å². The Hall–Kier alpha value is -1.85. The predicted octanol–water partition coefficient (Wildman–Crippen LogP) is 22.8. The molecule has 0 heterocycles. The lowest BCUT2D eigenvalue weighted by Gasteiger charge is -2.18. The predicted molar refractivity (Wildman–Crippen MR) is 321 cm³/mol. The molecule has 0 aliphatic carbocycles. The molecule has 0 aliphatic rings. The van der Waals surface area contributed by atoms with Gasteiger partial charge in [-0.1, -0.05) is 335 Å². The van der Waals surface area contributed by atoms with Gasteiger partial charge < -0.3 is 14.2 Å². The molecule has 6 nitrogen and oxygen atoms in total. The van der Waals surface area contributed by atoms with E-state index < -0.39 is 6.10 Å². The fraction of sp³-hybridized carbons (Fsp3) is 0.926. The number of hydrogen-bond donors (Lipinski definition) is 0. The van der Waals surface area contributed by atoms with Crippen molar-refractivity contribution in [2.75, 3.05) is 13.2 Å². The van der Waals surface area contributed by atoms with E-state index >= 15 is 0 Å². The van der Waals surface area contributed by atoms with E-state index in [1.54, 1.807) is 0 Å². The minimum atomic E-state index is -0.763. The van der Waals surface area contributed by atoms with Crippen molar-refractivity contribution in [2.45, 2.75) is 393 Å². The molecule has 1 atom stereocenters. The highest BCUT2D eigenvalue weighted by molar-refractivity contribution is 5.71. The van der Waals surface area contributed by atoms with E-state index in [-0.39, 0.29) is 31.1 Å². The van der Waals surface area contributed by atoms with Gasteiger partial charge in [-0.05, 0) is 44.9 Å². The number of rotatable bonds is 63. The molecule has 0 aromatic heterocycles. The average Bonchev–Trinajstić information content (AvgIpc) is 3.40. The smallest absolute Gasteiger partial charge is 0.306 e. The molecule has 0 saturated carbocycles. The lowest BCUT2D eigenvalue weighted by Crippen LogP contribution is -2.30. The van der Waals surface area contributed by atoms with Gasteiger partial charge in [0.2, 0.25) is 0 Å². The molecule has 0 radical (unpaired) electrons. The number of ether oxygens (including phenoxy) is 3. The summed E-state index contributed by atoms with van der Waals surface area (Å²) in [6.45, 7) is 6.66. The largest absolute Gasteiger partial charge is 0.462 e. The molecule has 0 saturated heterocycles. The number of hydrogen-bond acceptors (Lipinski definition) is 6. The molecule has 6 heteroatoms. The van der Waals surface area contributed by atoms with Crippen LogP contribution in [0.1, 0.15) is 387 Å². The molecule has 0 aromatic rings. The third-order valence-corrected chi connectivity index (χ3v) is 15.5. The minimum absolute atomic E-state index is 0.0639. The fourth-order valence-corrected chi connectivity index (χ4v) is 10.4. The molecular weight excluding hydrogens is 913 g/mol. The molecule has 0 spiro atoms. The van der Waals surface area contributed by atoms with Crippen molar-refractivity contribution in [3.8, 4) is 0 Å². The van der Waals surface area contributed by atoms with E-state index in [0.717, 1.165) is 57.8 Å². The number of allylic oxidation sites excluding steroid dienone is 2. The minimum Gasteiger partial charge on any atom is -0.462 e. The van der Waals surface area contributed by atoms with Gasteiger partial charge in [-0.25, -0.2) is 0 Å². The quantitative estimate of drug-likeness (QED) is 0.0261. The first-order valence-corrected chi connectivity index (χ1v) is 33.7. The zero-order valence-corrected chi connectivity index (χ0v) is 50.4. The Morgan fingerprint density at radius 1 is 0.257 bits per heavy atom. The molecular formula is C68H130O6. The van der Waals surface area contributed by atoms with Crippen molar-refractivity contribution in [1.82, 2.24) is 0 Å². The van der Waals surface area contributed by atoms with Crippen LogP contribution in [0.15, 0.2) is 12.2 Å². The summed E-state index contributed by atoms with van der Waals surface area (Å²) in [5.74, 6) is -0.844. The molecule has 74 heavy (non-hydrogen) atoms. The van der Waals surface area contributed by atoms with Crippen LogP contribution < -0.4 is 0 Å². The van der Waals surface area contributed by atoms with Crippen molar-refractivity contribution >= 4 is 17.9 Å². The summed E-state index contributed by atoms with van der Waals surface area (Å²) in [4.78, 5) is 38.0. The molecule has 0 fully saturated rings. The summed E-state index contributed by atoms with van der Waals surface area (Å²) in [5.41, 5.74) is 0. The number of unbranched alkanes of at least 4 members (excludes halogenated alkanes) is 50. The maximum absolute atomic E-state index is 12.9. The van der Waals surface area contributed by atoms with Crippen LogP contribution in [-0.4, -0.2) is 37.2 Å². The molecule has 0 bridgehead atoms. The van der Waals surface area contributed by atoms with Gasteiger partial charge in [-0.2, -0.15) is 0 Å². The van der Waals surface area contributed by atoms with Crippen molar-refractivity contribution in [1.29, 1.82) is 0 Å². The zero-order chi connectivity index (χ0) is 53.6. The fourth-order valence-electron chi connectivity index (χ4n) is 10.4. The van der Waals surface area contributed by atoms with Crippen LogP contribution in [0.2, 0.25) is 0 Å². The Bertz CT molecular complexity index is 1150. The number of carbonyl (C=O) groups excluding carboxylic acids is 3. The highest BCUT2D eigenvalue weighted by Crippen LogP contribution is 2.19. The van der Waals surface area contributed by atoms with Gasteiger partial charge >= 0.3 is 17.9 Å². The summed E-state index contributed by atoms with van der Waals surface area (Å²) < 4.78 is 16.8. The molecule has 0 rings (SSSR count). The lowest BCUT2D eigenvalue weighted by molar-refractivity contribution is -0.167. The molecule has 0 aliphatic heterocycles. The van der Waals surface area contributed by atoms with Crippen molar-refractivity contribution < 1.29 is 28.6 Å². The molecule has 0 aromatic carbocycles. The second kappa shape index (κ2) is 63.7. The first-order chi connectivity index (χ1) is 36.5. The van der Waals surface area contributed by atoms with Gasteiger partial charge in [0.25, 0.3) is 0 Å². The van der Waals surface area contributed by atoms with E-state index in [2.05, 4.69) is 32.9 Å². The van der Waals surface area contributed by atoms with Gasteiger partial charge in [-0.15, -0.1) is 0 Å². The van der Waals surface area contributed by atoms with Gasteiger partial charge in [-0.3, -0.25) is 14.4 Å². The Labute approximate surface area is 462 Å². The number of carbonyl (C=O) groups is 3. The highest BCUT2D eigenvalue weighted by atomic mass is 16.6. The monoisotopic (exact) mass is 1040 g/mol. The zero-order valence-electron chi connectivity index (χ0n) is 50.4. The third kappa shape index (κ3) is 61.0. The Balaban J connectivity index is 3.98. The highest BCUT2D eigenvalue weighted by Gasteiger charge is 2.19. The summed E-state index contributed by atoms with van der Waals surface area (Å²) >= 11 is 0. The molecule has 1 unspecified atom stereocenters. The van der Waals surface area contributed by atoms with Gasteiger partial charge in [0.1, 0.15) is 13.2 Å². The van der Waals surface area contributed by atoms with Crippen LogP contribution in [0.3, 0.4) is 0 Å². The van der Waals surface area contributed by atoms with Crippen LogP contribution in [0, 0.1) is 0 Å². The van der Waals surface area contributed by atoms with E-state index in [1.165, 1.54) is 289 Å². The van der Waals surface area contributed by atoms with Crippen molar-refractivity contribution in [3.63, 3.8) is 0 Å². The first kappa shape index (κ1) is 72.2. The van der Waals surface area contributed by atoms with Crippen LogP contribution in [-0.2, 0) is 28.6 Å². The standard InChI is InChI=1S/C68H130O6/c1-4-7-10-13-16-18-20-22-24-26-28-30-32-33-34-35-37-38-40-42-44-46-48-50-52-55-58-61-67(70)73-64-65(63-72-66(69)60-57-54-15-12-9-6-3)74-68(71)62-59-56-53-51-49-47-45-43-41-39-36-31-29-27-25-23-21-19-17-14-11-8-5-2/h26,28,65H,4-25,27,29-64H2,1-3H3/b28-26-. The van der Waals surface area contributed by atoms with Crippen molar-refractivity contribution in [3.05, 3.63) is 12.2 Å². The van der Waals surface area contributed by atoms with Gasteiger partial charge in [0.15, 0.2) is 6.10 Å². The van der Waals surface area contributed by atoms with Gasteiger partial charge in [0, 0.05) is 19.3 Å². The van der Waals surface area contributed by atoms with E-state index in [9.17, 15) is 14.4 Å². The SMILES string of the molecule is CCCCCCCCCC/C=C\CCCCCCCCCCCCCCCCCC(=O)OCC(COC(=O)CCCCCCCC)OC(=O)CCCCCCCCCCCCCCCCCCCCCCCCC.